The van der Waals surface area contributed by atoms with Crippen LogP contribution in [0.15, 0.2) is 24.3 Å². The largest absolute Gasteiger partial charge is 0.497 e. The molecule has 108 valence electrons. The summed E-state index contributed by atoms with van der Waals surface area (Å²) in [6.07, 6.45) is 1.03. The van der Waals surface area contributed by atoms with Gasteiger partial charge in [-0.05, 0) is 44.8 Å². The van der Waals surface area contributed by atoms with Crippen LogP contribution in [0.5, 0.6) is 5.75 Å². The van der Waals surface area contributed by atoms with E-state index in [1.807, 2.05) is 12.1 Å². The van der Waals surface area contributed by atoms with Crippen molar-refractivity contribution < 1.29 is 9.47 Å². The maximum absolute atomic E-state index is 5.51. The Labute approximate surface area is 116 Å². The highest BCUT2D eigenvalue weighted by molar-refractivity contribution is 5.27. The molecule has 0 radical (unpaired) electrons. The second-order valence-corrected chi connectivity index (χ2v) is 4.76. The van der Waals surface area contributed by atoms with Crippen LogP contribution in [0.2, 0.25) is 0 Å². The Morgan fingerprint density at radius 2 is 1.79 bits per heavy atom. The van der Waals surface area contributed by atoms with Gasteiger partial charge in [0.15, 0.2) is 0 Å². The molecule has 0 saturated carbocycles. The van der Waals surface area contributed by atoms with Gasteiger partial charge in [-0.2, -0.15) is 0 Å². The maximum Gasteiger partial charge on any atom is 0.118 e. The molecule has 0 saturated heterocycles. The van der Waals surface area contributed by atoms with Crippen LogP contribution in [0.4, 0.5) is 0 Å². The predicted molar refractivity (Wildman–Crippen MR) is 78.9 cm³/mol. The summed E-state index contributed by atoms with van der Waals surface area (Å²) >= 11 is 0. The van der Waals surface area contributed by atoms with Crippen molar-refractivity contribution in [3.8, 4) is 5.75 Å². The second kappa shape index (κ2) is 9.78. The first-order chi connectivity index (χ1) is 9.22. The fourth-order valence-corrected chi connectivity index (χ4v) is 1.64. The van der Waals surface area contributed by atoms with E-state index >= 15 is 0 Å². The number of rotatable bonds is 10. The quantitative estimate of drug-likeness (QED) is 0.649. The lowest BCUT2D eigenvalue weighted by molar-refractivity contribution is 0.119. The van der Waals surface area contributed by atoms with E-state index < -0.39 is 0 Å². The fourth-order valence-electron chi connectivity index (χ4n) is 1.64. The number of likely N-dealkylation sites (N-methyl/N-ethyl adjacent to an activating group) is 1. The lowest BCUT2D eigenvalue weighted by Crippen LogP contribution is -2.24. The fraction of sp³-hybridized carbons (Fsp3) is 0.600. The molecule has 0 amide bonds. The maximum atomic E-state index is 5.51. The van der Waals surface area contributed by atoms with Crippen LogP contribution < -0.4 is 10.1 Å². The molecule has 1 aromatic rings. The topological polar surface area (TPSA) is 33.7 Å². The Kier molecular flexibility index (Phi) is 8.21. The molecule has 0 aliphatic rings. The molecule has 1 aromatic carbocycles. The molecule has 0 atom stereocenters. The van der Waals surface area contributed by atoms with E-state index in [1.54, 1.807) is 7.11 Å². The Bertz CT molecular complexity index is 325. The van der Waals surface area contributed by atoms with Crippen molar-refractivity contribution in [3.05, 3.63) is 29.8 Å². The molecule has 0 fully saturated rings. The molecule has 1 N–H and O–H groups in total. The average Bonchev–Trinajstić information content (AvgIpc) is 2.42. The van der Waals surface area contributed by atoms with Crippen LogP contribution in [0.1, 0.15) is 5.56 Å². The predicted octanol–water partition coefficient (Wildman–Crippen LogP) is 1.41. The normalized spacial score (nSPS) is 10.9. The Hall–Kier alpha value is -1.10. The number of hydrogen-bond acceptors (Lipinski definition) is 4. The molecule has 1 rings (SSSR count). The summed E-state index contributed by atoms with van der Waals surface area (Å²) in [6.45, 7) is 4.43. The average molecular weight is 266 g/mol. The zero-order chi connectivity index (χ0) is 13.9. The molecule has 0 aliphatic carbocycles. The third kappa shape index (κ3) is 7.82. The molecule has 0 bridgehead atoms. The van der Waals surface area contributed by atoms with E-state index in [0.717, 1.165) is 45.0 Å². The van der Waals surface area contributed by atoms with Crippen LogP contribution in [0.25, 0.3) is 0 Å². The van der Waals surface area contributed by atoms with Gasteiger partial charge in [0.05, 0.1) is 20.3 Å². The van der Waals surface area contributed by atoms with Gasteiger partial charge in [-0.15, -0.1) is 0 Å². The second-order valence-electron chi connectivity index (χ2n) is 4.76. The van der Waals surface area contributed by atoms with E-state index in [1.165, 1.54) is 5.56 Å². The Morgan fingerprint density at radius 1 is 1.05 bits per heavy atom. The Morgan fingerprint density at radius 3 is 2.42 bits per heavy atom. The van der Waals surface area contributed by atoms with Gasteiger partial charge in [0.25, 0.3) is 0 Å². The number of benzene rings is 1. The molecular formula is C15H26N2O2. The minimum Gasteiger partial charge on any atom is -0.497 e. The lowest BCUT2D eigenvalue weighted by Gasteiger charge is -2.10. The van der Waals surface area contributed by atoms with Crippen molar-refractivity contribution in [1.29, 1.82) is 0 Å². The van der Waals surface area contributed by atoms with Crippen LogP contribution >= 0.6 is 0 Å². The third-order valence-corrected chi connectivity index (χ3v) is 2.86. The van der Waals surface area contributed by atoms with Gasteiger partial charge in [0, 0.05) is 13.1 Å². The van der Waals surface area contributed by atoms with Crippen LogP contribution in [-0.4, -0.2) is 59.0 Å². The molecule has 0 heterocycles. The van der Waals surface area contributed by atoms with Gasteiger partial charge >= 0.3 is 0 Å². The van der Waals surface area contributed by atoms with Crippen molar-refractivity contribution in [2.24, 2.45) is 0 Å². The van der Waals surface area contributed by atoms with E-state index in [-0.39, 0.29) is 0 Å². The molecule has 0 spiro atoms. The van der Waals surface area contributed by atoms with Crippen LogP contribution in [0, 0.1) is 0 Å². The van der Waals surface area contributed by atoms with Gasteiger partial charge < -0.3 is 19.7 Å². The zero-order valence-electron chi connectivity index (χ0n) is 12.3. The molecule has 4 heteroatoms. The lowest BCUT2D eigenvalue weighted by atomic mass is 10.1. The first kappa shape index (κ1) is 16.0. The van der Waals surface area contributed by atoms with E-state index in [0.29, 0.717) is 0 Å². The standard InChI is InChI=1S/C15H26N2O2/c1-17(2)11-13-19-12-10-16-9-8-14-4-6-15(18-3)7-5-14/h4-7,16H,8-13H2,1-3H3. The van der Waals surface area contributed by atoms with Gasteiger partial charge in [0.2, 0.25) is 0 Å². The number of nitrogens with one attached hydrogen (secondary N) is 1. The SMILES string of the molecule is COc1ccc(CCNCCOCCN(C)C)cc1. The Balaban J connectivity index is 1.98. The van der Waals surface area contributed by atoms with Crippen molar-refractivity contribution in [2.75, 3.05) is 54.1 Å². The highest BCUT2D eigenvalue weighted by Gasteiger charge is 1.95. The number of nitrogens with zero attached hydrogens (tertiary/aromatic N) is 1. The van der Waals surface area contributed by atoms with Crippen molar-refractivity contribution in [1.82, 2.24) is 10.2 Å². The summed E-state index contributed by atoms with van der Waals surface area (Å²) in [7, 11) is 5.79. The smallest absolute Gasteiger partial charge is 0.118 e. The van der Waals surface area contributed by atoms with Gasteiger partial charge in [-0.1, -0.05) is 12.1 Å². The van der Waals surface area contributed by atoms with Gasteiger partial charge in [-0.3, -0.25) is 0 Å². The first-order valence-electron chi connectivity index (χ1n) is 6.78. The summed E-state index contributed by atoms with van der Waals surface area (Å²) < 4.78 is 10.6. The summed E-state index contributed by atoms with van der Waals surface area (Å²) in [5.41, 5.74) is 1.32. The summed E-state index contributed by atoms with van der Waals surface area (Å²) in [6, 6.07) is 8.21. The van der Waals surface area contributed by atoms with Crippen molar-refractivity contribution >= 4 is 0 Å². The summed E-state index contributed by atoms with van der Waals surface area (Å²) in [5, 5.41) is 3.38. The molecule has 19 heavy (non-hydrogen) atoms. The number of methoxy groups -OCH3 is 1. The summed E-state index contributed by atoms with van der Waals surface area (Å²) in [4.78, 5) is 2.12. The monoisotopic (exact) mass is 266 g/mol. The summed E-state index contributed by atoms with van der Waals surface area (Å²) in [5.74, 6) is 0.908. The molecule has 0 aliphatic heterocycles. The molecular weight excluding hydrogens is 240 g/mol. The van der Waals surface area contributed by atoms with Gasteiger partial charge in [0.1, 0.15) is 5.75 Å². The molecule has 0 unspecified atom stereocenters. The van der Waals surface area contributed by atoms with E-state index in [2.05, 4.69) is 36.4 Å². The molecule has 4 nitrogen and oxygen atoms in total. The van der Waals surface area contributed by atoms with E-state index in [4.69, 9.17) is 9.47 Å². The number of ether oxygens (including phenoxy) is 2. The van der Waals surface area contributed by atoms with Crippen LogP contribution in [0.3, 0.4) is 0 Å². The van der Waals surface area contributed by atoms with Gasteiger partial charge in [-0.25, -0.2) is 0 Å². The minimum absolute atomic E-state index is 0.774. The highest BCUT2D eigenvalue weighted by Crippen LogP contribution is 2.11. The van der Waals surface area contributed by atoms with Crippen molar-refractivity contribution in [3.63, 3.8) is 0 Å². The van der Waals surface area contributed by atoms with Crippen LogP contribution in [-0.2, 0) is 11.2 Å². The third-order valence-electron chi connectivity index (χ3n) is 2.86. The first-order valence-corrected chi connectivity index (χ1v) is 6.78. The molecule has 0 aromatic heterocycles. The minimum atomic E-state index is 0.774. The zero-order valence-corrected chi connectivity index (χ0v) is 12.3. The highest BCUT2D eigenvalue weighted by atomic mass is 16.5. The van der Waals surface area contributed by atoms with Crippen molar-refractivity contribution in [2.45, 2.75) is 6.42 Å². The van der Waals surface area contributed by atoms with E-state index in [9.17, 15) is 0 Å². The number of hydrogen-bond donors (Lipinski definition) is 1.